The van der Waals surface area contributed by atoms with E-state index in [-0.39, 0.29) is 5.91 Å². The van der Waals surface area contributed by atoms with Gasteiger partial charge in [0.15, 0.2) is 11.5 Å². The number of ether oxygens (including phenoxy) is 1. The number of rotatable bonds is 5. The summed E-state index contributed by atoms with van der Waals surface area (Å²) in [7, 11) is 1.59. The first-order chi connectivity index (χ1) is 15.2. The summed E-state index contributed by atoms with van der Waals surface area (Å²) in [6, 6.07) is 22.3. The third-order valence-electron chi connectivity index (χ3n) is 4.80. The van der Waals surface area contributed by atoms with Crippen LogP contribution in [-0.4, -0.2) is 32.8 Å². The molecule has 152 valence electrons. The highest BCUT2D eigenvalue weighted by Gasteiger charge is 2.12. The second-order valence-electron chi connectivity index (χ2n) is 6.75. The lowest BCUT2D eigenvalue weighted by molar-refractivity contribution is 0.102. The van der Waals surface area contributed by atoms with E-state index >= 15 is 0 Å². The van der Waals surface area contributed by atoms with Gasteiger partial charge in [0.2, 0.25) is 0 Å². The Morgan fingerprint density at radius 3 is 2.48 bits per heavy atom. The van der Waals surface area contributed by atoms with Crippen molar-refractivity contribution in [2.24, 2.45) is 0 Å². The first kappa shape index (κ1) is 19.0. The molecule has 0 bridgehead atoms. The fourth-order valence-corrected chi connectivity index (χ4v) is 3.87. The second-order valence-corrected chi connectivity index (χ2v) is 7.70. The molecular formula is C23H17N5O2S. The van der Waals surface area contributed by atoms with Gasteiger partial charge in [-0.3, -0.25) is 4.79 Å². The minimum Gasteiger partial charge on any atom is -0.497 e. The summed E-state index contributed by atoms with van der Waals surface area (Å²) in [4.78, 5) is 13.5. The number of anilines is 1. The highest BCUT2D eigenvalue weighted by atomic mass is 32.1. The number of carbonyl (C=O) groups excluding carboxylic acids is 1. The van der Waals surface area contributed by atoms with E-state index in [0.717, 1.165) is 22.0 Å². The molecule has 0 spiro atoms. The van der Waals surface area contributed by atoms with Crippen LogP contribution in [0.2, 0.25) is 0 Å². The maximum absolute atomic E-state index is 12.5. The van der Waals surface area contributed by atoms with Gasteiger partial charge in [-0.05, 0) is 60.0 Å². The van der Waals surface area contributed by atoms with Crippen molar-refractivity contribution in [3.8, 4) is 27.7 Å². The van der Waals surface area contributed by atoms with Gasteiger partial charge in [-0.1, -0.05) is 18.2 Å². The number of carbonyl (C=O) groups is 1. The van der Waals surface area contributed by atoms with Crippen LogP contribution < -0.4 is 10.1 Å². The molecule has 3 aromatic heterocycles. The summed E-state index contributed by atoms with van der Waals surface area (Å²) in [5.74, 6) is 1.25. The van der Waals surface area contributed by atoms with Gasteiger partial charge in [-0.25, -0.2) is 0 Å². The van der Waals surface area contributed by atoms with E-state index in [1.807, 2.05) is 53.9 Å². The number of hydrogen-bond acceptors (Lipinski definition) is 6. The summed E-state index contributed by atoms with van der Waals surface area (Å²) in [5.41, 5.74) is 3.67. The number of amides is 1. The Morgan fingerprint density at radius 1 is 0.968 bits per heavy atom. The highest BCUT2D eigenvalue weighted by molar-refractivity contribution is 7.13. The van der Waals surface area contributed by atoms with E-state index in [1.165, 1.54) is 0 Å². The number of benzene rings is 2. The fraction of sp³-hybridized carbons (Fsp3) is 0.0435. The second kappa shape index (κ2) is 8.00. The number of nitrogens with zero attached hydrogens (tertiary/aromatic N) is 4. The molecule has 31 heavy (non-hydrogen) atoms. The molecule has 5 aromatic rings. The third kappa shape index (κ3) is 3.76. The maximum atomic E-state index is 12.5. The van der Waals surface area contributed by atoms with Crippen LogP contribution in [0.5, 0.6) is 5.75 Å². The third-order valence-corrected chi connectivity index (χ3v) is 5.66. The Labute approximate surface area is 182 Å². The van der Waals surface area contributed by atoms with Gasteiger partial charge in [-0.2, -0.15) is 9.61 Å². The van der Waals surface area contributed by atoms with Gasteiger partial charge in [-0.15, -0.1) is 21.5 Å². The minimum absolute atomic E-state index is 0.181. The van der Waals surface area contributed by atoms with Gasteiger partial charge < -0.3 is 10.1 Å². The van der Waals surface area contributed by atoms with Gasteiger partial charge in [0.25, 0.3) is 5.91 Å². The van der Waals surface area contributed by atoms with Crippen molar-refractivity contribution in [1.82, 2.24) is 19.8 Å². The molecule has 1 amide bonds. The van der Waals surface area contributed by atoms with Crippen molar-refractivity contribution in [2.75, 3.05) is 12.4 Å². The lowest BCUT2D eigenvalue weighted by atomic mass is 10.1. The molecule has 0 fully saturated rings. The van der Waals surface area contributed by atoms with Crippen LogP contribution in [0.4, 0.5) is 5.69 Å². The molecule has 0 radical (unpaired) electrons. The van der Waals surface area contributed by atoms with Gasteiger partial charge >= 0.3 is 0 Å². The zero-order chi connectivity index (χ0) is 21.2. The number of aromatic nitrogens is 4. The average molecular weight is 427 g/mol. The number of fused-ring (bicyclic) bond motifs is 1. The summed E-state index contributed by atoms with van der Waals surface area (Å²) >= 11 is 1.59. The molecule has 0 atom stereocenters. The van der Waals surface area contributed by atoms with E-state index in [9.17, 15) is 4.79 Å². The molecule has 5 rings (SSSR count). The first-order valence-corrected chi connectivity index (χ1v) is 10.4. The Balaban J connectivity index is 1.37. The van der Waals surface area contributed by atoms with E-state index in [1.54, 1.807) is 47.2 Å². The predicted octanol–water partition coefficient (Wildman–Crippen LogP) is 4.78. The van der Waals surface area contributed by atoms with Gasteiger partial charge in [0.05, 0.1) is 17.7 Å². The Kier molecular flexibility index (Phi) is 4.89. The number of nitrogens with one attached hydrogen (secondary N) is 1. The molecule has 8 heteroatoms. The quantitative estimate of drug-likeness (QED) is 0.437. The topological polar surface area (TPSA) is 81.4 Å². The van der Waals surface area contributed by atoms with Crippen molar-refractivity contribution < 1.29 is 9.53 Å². The molecule has 7 nitrogen and oxygen atoms in total. The smallest absolute Gasteiger partial charge is 0.255 e. The summed E-state index contributed by atoms with van der Waals surface area (Å²) in [6.45, 7) is 0. The Bertz CT molecular complexity index is 1340. The monoisotopic (exact) mass is 427 g/mol. The van der Waals surface area contributed by atoms with Gasteiger partial charge in [0, 0.05) is 16.8 Å². The number of hydrogen-bond donors (Lipinski definition) is 1. The summed E-state index contributed by atoms with van der Waals surface area (Å²) in [6.07, 6.45) is 0. The van der Waals surface area contributed by atoms with Crippen LogP contribution in [0.25, 0.3) is 27.6 Å². The minimum atomic E-state index is -0.181. The molecule has 0 saturated carbocycles. The molecular weight excluding hydrogens is 410 g/mol. The highest BCUT2D eigenvalue weighted by Crippen LogP contribution is 2.25. The Hall–Kier alpha value is -4.04. The SMILES string of the molecule is COc1ccc(C(=O)Nc2ccc(-c3ccc4nnc(-c5cccs5)n4n3)cc2)cc1. The van der Waals surface area contributed by atoms with Crippen LogP contribution in [0, 0.1) is 0 Å². The number of methoxy groups -OCH3 is 1. The molecule has 1 N–H and O–H groups in total. The number of thiophene rings is 1. The Morgan fingerprint density at radius 2 is 1.77 bits per heavy atom. The molecule has 0 saturated heterocycles. The van der Waals surface area contributed by atoms with Crippen LogP contribution in [0.1, 0.15) is 10.4 Å². The van der Waals surface area contributed by atoms with E-state index in [0.29, 0.717) is 22.6 Å². The molecule has 0 aliphatic rings. The average Bonchev–Trinajstić information content (AvgIpc) is 3.49. The maximum Gasteiger partial charge on any atom is 0.255 e. The zero-order valence-electron chi connectivity index (χ0n) is 16.5. The van der Waals surface area contributed by atoms with Crippen LogP contribution in [-0.2, 0) is 0 Å². The van der Waals surface area contributed by atoms with Crippen molar-refractivity contribution in [3.63, 3.8) is 0 Å². The van der Waals surface area contributed by atoms with Crippen molar-refractivity contribution >= 4 is 28.6 Å². The first-order valence-electron chi connectivity index (χ1n) is 9.53. The van der Waals surface area contributed by atoms with Crippen LogP contribution in [0.3, 0.4) is 0 Å². The van der Waals surface area contributed by atoms with Crippen molar-refractivity contribution in [3.05, 3.63) is 83.7 Å². The summed E-state index contributed by atoms with van der Waals surface area (Å²) < 4.78 is 6.88. The lowest BCUT2D eigenvalue weighted by Gasteiger charge is -2.08. The van der Waals surface area contributed by atoms with Crippen LogP contribution in [0.15, 0.2) is 78.2 Å². The van der Waals surface area contributed by atoms with E-state index in [4.69, 9.17) is 9.84 Å². The van der Waals surface area contributed by atoms with Crippen molar-refractivity contribution in [2.45, 2.75) is 0 Å². The van der Waals surface area contributed by atoms with Gasteiger partial charge in [0.1, 0.15) is 5.75 Å². The standard InChI is InChI=1S/C23H17N5O2S/c1-30-18-10-6-16(7-11-18)23(29)24-17-8-4-15(5-9-17)19-12-13-21-25-26-22(28(21)27-19)20-3-2-14-31-20/h2-14H,1H3,(H,24,29). The molecule has 2 aromatic carbocycles. The lowest BCUT2D eigenvalue weighted by Crippen LogP contribution is -2.11. The molecule has 0 aliphatic heterocycles. The largest absolute Gasteiger partial charge is 0.497 e. The summed E-state index contributed by atoms with van der Waals surface area (Å²) in [5, 5.41) is 18.1. The van der Waals surface area contributed by atoms with Crippen LogP contribution >= 0.6 is 11.3 Å². The normalized spacial score (nSPS) is 10.9. The van der Waals surface area contributed by atoms with Crippen molar-refractivity contribution in [1.29, 1.82) is 0 Å². The zero-order valence-corrected chi connectivity index (χ0v) is 17.3. The molecule has 0 unspecified atom stereocenters. The van der Waals surface area contributed by atoms with E-state index < -0.39 is 0 Å². The predicted molar refractivity (Wildman–Crippen MR) is 120 cm³/mol. The molecule has 0 aliphatic carbocycles. The molecule has 3 heterocycles. The fourth-order valence-electron chi connectivity index (χ4n) is 3.17. The van der Waals surface area contributed by atoms with E-state index in [2.05, 4.69) is 15.5 Å².